The molecule has 4 aromatic rings. The van der Waals surface area contributed by atoms with Crippen LogP contribution in [0.1, 0.15) is 27.2 Å². The Morgan fingerprint density at radius 3 is 2.39 bits per heavy atom. The molecule has 9 heteroatoms. The molecule has 0 radical (unpaired) electrons. The fourth-order valence-electron chi connectivity index (χ4n) is 3.48. The first-order chi connectivity index (χ1) is 15.7. The number of H-pyrrole nitrogens is 1. The van der Waals surface area contributed by atoms with Crippen molar-refractivity contribution in [1.29, 1.82) is 0 Å². The van der Waals surface area contributed by atoms with Crippen LogP contribution >= 0.6 is 11.8 Å². The summed E-state index contributed by atoms with van der Waals surface area (Å²) < 4.78 is 52.2. The number of nitrogens with two attached hydrogens (primary N) is 1. The molecule has 1 amide bonds. The number of hydrogen-bond acceptors (Lipinski definition) is 3. The van der Waals surface area contributed by atoms with Crippen molar-refractivity contribution in [1.82, 2.24) is 10.3 Å². The minimum absolute atomic E-state index is 0.0608. The molecule has 0 aliphatic rings. The number of hydrogen-bond donors (Lipinski definition) is 3. The van der Waals surface area contributed by atoms with Gasteiger partial charge in [-0.15, -0.1) is 0 Å². The Bertz CT molecular complexity index is 1300. The van der Waals surface area contributed by atoms with E-state index in [0.29, 0.717) is 23.8 Å². The van der Waals surface area contributed by atoms with Gasteiger partial charge in [0, 0.05) is 28.9 Å². The highest BCUT2D eigenvalue weighted by Crippen LogP contribution is 2.37. The predicted molar refractivity (Wildman–Crippen MR) is 119 cm³/mol. The maximum Gasteiger partial charge on any atom is 0.416 e. The van der Waals surface area contributed by atoms with Crippen LogP contribution in [0, 0.1) is 5.82 Å². The van der Waals surface area contributed by atoms with E-state index in [1.165, 1.54) is 11.8 Å². The van der Waals surface area contributed by atoms with Crippen LogP contribution in [-0.2, 0) is 19.3 Å². The van der Waals surface area contributed by atoms with Crippen molar-refractivity contribution in [2.24, 2.45) is 5.73 Å². The van der Waals surface area contributed by atoms with Crippen molar-refractivity contribution in [3.05, 3.63) is 94.9 Å². The summed E-state index contributed by atoms with van der Waals surface area (Å²) in [7, 11) is 0. The summed E-state index contributed by atoms with van der Waals surface area (Å²) in [6, 6.07) is 17.6. The molecule has 4 N–H and O–H groups in total. The average Bonchev–Trinajstić information content (AvgIpc) is 3.11. The molecule has 4 nitrogen and oxygen atoms in total. The number of nitrogens with one attached hydrogen (secondary N) is 2. The van der Waals surface area contributed by atoms with Gasteiger partial charge in [0.25, 0.3) is 5.91 Å². The van der Waals surface area contributed by atoms with E-state index >= 15 is 0 Å². The fraction of sp³-hybridized carbons (Fsp3) is 0.125. The van der Waals surface area contributed by atoms with E-state index in [9.17, 15) is 22.4 Å². The van der Waals surface area contributed by atoms with Crippen LogP contribution in [0.2, 0.25) is 0 Å². The highest BCUT2D eigenvalue weighted by Gasteiger charge is 2.31. The number of fused-ring (bicyclic) bond motifs is 1. The van der Waals surface area contributed by atoms with Gasteiger partial charge in [-0.1, -0.05) is 42.1 Å². The summed E-state index contributed by atoms with van der Waals surface area (Å²) >= 11 is 1.43. The minimum Gasteiger partial charge on any atom is -0.364 e. The molecule has 1 heterocycles. The molecule has 0 saturated carbocycles. The van der Waals surface area contributed by atoms with Gasteiger partial charge >= 0.3 is 6.18 Å². The van der Waals surface area contributed by atoms with Crippen molar-refractivity contribution < 1.29 is 22.4 Å². The van der Waals surface area contributed by atoms with Crippen LogP contribution in [0.15, 0.2) is 76.5 Å². The summed E-state index contributed by atoms with van der Waals surface area (Å²) in [5.41, 5.74) is 6.60. The van der Waals surface area contributed by atoms with Crippen LogP contribution in [0.5, 0.6) is 0 Å². The number of aromatic nitrogens is 1. The molecule has 1 aromatic heterocycles. The van der Waals surface area contributed by atoms with Gasteiger partial charge < -0.3 is 16.0 Å². The lowest BCUT2D eigenvalue weighted by Crippen LogP contribution is -2.14. The number of carbonyl (C=O) groups is 1. The van der Waals surface area contributed by atoms with E-state index in [-0.39, 0.29) is 12.1 Å². The number of amides is 1. The molecule has 0 atom stereocenters. The zero-order valence-electron chi connectivity index (χ0n) is 17.2. The number of benzene rings is 3. The van der Waals surface area contributed by atoms with Crippen LogP contribution in [0.4, 0.5) is 17.6 Å². The molecule has 170 valence electrons. The third-order valence-electron chi connectivity index (χ3n) is 4.97. The molecule has 0 saturated heterocycles. The van der Waals surface area contributed by atoms with Crippen molar-refractivity contribution in [3.63, 3.8) is 0 Å². The normalized spacial score (nSPS) is 11.8. The van der Waals surface area contributed by atoms with Crippen LogP contribution in [0.25, 0.3) is 10.9 Å². The third-order valence-corrected chi connectivity index (χ3v) is 6.10. The molecule has 3 aromatic carbocycles. The zero-order chi connectivity index (χ0) is 23.6. The number of aromatic amines is 1. The summed E-state index contributed by atoms with van der Waals surface area (Å²) in [6.07, 6.45) is -4.61. The molecule has 33 heavy (non-hydrogen) atoms. The summed E-state index contributed by atoms with van der Waals surface area (Å²) in [5.74, 6) is -1.51. The molecular formula is C24H19F4N3OS. The van der Waals surface area contributed by atoms with Gasteiger partial charge in [0.15, 0.2) is 0 Å². The predicted octanol–water partition coefficient (Wildman–Crippen LogP) is 5.87. The molecular weight excluding hydrogens is 454 g/mol. The molecule has 0 bridgehead atoms. The maximum atomic E-state index is 13.6. The Morgan fingerprint density at radius 1 is 0.970 bits per heavy atom. The van der Waals surface area contributed by atoms with E-state index in [1.54, 1.807) is 0 Å². The van der Waals surface area contributed by atoms with Crippen LogP contribution in [-0.4, -0.2) is 10.9 Å². The average molecular weight is 473 g/mol. The quantitative estimate of drug-likeness (QED) is 0.294. The monoisotopic (exact) mass is 473 g/mol. The lowest BCUT2D eigenvalue weighted by Gasteiger charge is -2.10. The van der Waals surface area contributed by atoms with Crippen LogP contribution in [0.3, 0.4) is 0 Å². The number of primary amides is 1. The van der Waals surface area contributed by atoms with E-state index in [4.69, 9.17) is 5.73 Å². The second-order valence-electron chi connectivity index (χ2n) is 7.44. The number of carbonyl (C=O) groups excluding carboxylic acids is 1. The van der Waals surface area contributed by atoms with E-state index in [0.717, 1.165) is 32.9 Å². The Morgan fingerprint density at radius 2 is 1.70 bits per heavy atom. The lowest BCUT2D eigenvalue weighted by atomic mass is 10.1. The van der Waals surface area contributed by atoms with Crippen molar-refractivity contribution in [2.45, 2.75) is 29.1 Å². The van der Waals surface area contributed by atoms with Gasteiger partial charge in [-0.2, -0.15) is 13.2 Å². The second kappa shape index (κ2) is 9.29. The lowest BCUT2D eigenvalue weighted by molar-refractivity contribution is -0.137. The Kier molecular flexibility index (Phi) is 6.44. The van der Waals surface area contributed by atoms with Crippen molar-refractivity contribution in [3.8, 4) is 0 Å². The number of rotatable bonds is 7. The first-order valence-electron chi connectivity index (χ1n) is 9.95. The topological polar surface area (TPSA) is 70.9 Å². The van der Waals surface area contributed by atoms with Crippen LogP contribution < -0.4 is 11.1 Å². The summed E-state index contributed by atoms with van der Waals surface area (Å²) in [6.45, 7) is 0.394. The maximum absolute atomic E-state index is 13.6. The Balaban J connectivity index is 1.52. The zero-order valence-corrected chi connectivity index (χ0v) is 18.0. The van der Waals surface area contributed by atoms with Gasteiger partial charge in [0.1, 0.15) is 11.5 Å². The molecule has 0 aliphatic carbocycles. The first kappa shape index (κ1) is 22.9. The summed E-state index contributed by atoms with van der Waals surface area (Å²) in [4.78, 5) is 16.7. The molecule has 0 unspecified atom stereocenters. The standard InChI is InChI=1S/C24H19F4N3OS/c25-17-9-15(8-16(11-17)24(26,27)28)13-30-12-14-6-7-19-20(10-14)31-21(23(29)32)22(19)33-18-4-2-1-3-5-18/h1-11,30-31H,12-13H2,(H2,29,32). The Labute approximate surface area is 191 Å². The molecule has 4 rings (SSSR count). The number of halogens is 4. The SMILES string of the molecule is NC(=O)c1[nH]c2cc(CNCc3cc(F)cc(C(F)(F)F)c3)ccc2c1Sc1ccccc1. The summed E-state index contributed by atoms with van der Waals surface area (Å²) in [5, 5.41) is 3.86. The number of alkyl halides is 3. The van der Waals surface area contributed by atoms with E-state index < -0.39 is 23.5 Å². The molecule has 0 aliphatic heterocycles. The second-order valence-corrected chi connectivity index (χ2v) is 8.52. The van der Waals surface area contributed by atoms with Gasteiger partial charge in [0.05, 0.1) is 10.5 Å². The highest BCUT2D eigenvalue weighted by atomic mass is 32.2. The van der Waals surface area contributed by atoms with Gasteiger partial charge in [-0.3, -0.25) is 4.79 Å². The molecule has 0 spiro atoms. The smallest absolute Gasteiger partial charge is 0.364 e. The highest BCUT2D eigenvalue weighted by molar-refractivity contribution is 7.99. The van der Waals surface area contributed by atoms with E-state index in [1.807, 2.05) is 48.5 Å². The van der Waals surface area contributed by atoms with E-state index in [2.05, 4.69) is 10.3 Å². The van der Waals surface area contributed by atoms with Gasteiger partial charge in [0.2, 0.25) is 0 Å². The van der Waals surface area contributed by atoms with Gasteiger partial charge in [-0.05, 0) is 47.5 Å². The largest absolute Gasteiger partial charge is 0.416 e. The van der Waals surface area contributed by atoms with Crippen molar-refractivity contribution in [2.75, 3.05) is 0 Å². The van der Waals surface area contributed by atoms with Gasteiger partial charge in [-0.25, -0.2) is 4.39 Å². The first-order valence-corrected chi connectivity index (χ1v) is 10.8. The molecule has 0 fully saturated rings. The van der Waals surface area contributed by atoms with Crippen molar-refractivity contribution >= 4 is 28.6 Å². The fourth-order valence-corrected chi connectivity index (χ4v) is 4.55. The third kappa shape index (κ3) is 5.37. The minimum atomic E-state index is -4.61. The Hall–Kier alpha value is -3.30.